The summed E-state index contributed by atoms with van der Waals surface area (Å²) in [5.74, 6) is -0.588. The van der Waals surface area contributed by atoms with Gasteiger partial charge in [-0.3, -0.25) is 9.78 Å². The summed E-state index contributed by atoms with van der Waals surface area (Å²) in [6.45, 7) is 7.07. The lowest BCUT2D eigenvalue weighted by Crippen LogP contribution is -2.48. The quantitative estimate of drug-likeness (QED) is 0.842. The number of nitrogens with zero attached hydrogens (tertiary/aromatic N) is 3. The molecule has 2 heterocycles. The number of amides is 1. The molecule has 1 aromatic heterocycles. The van der Waals surface area contributed by atoms with E-state index in [2.05, 4.69) is 16.7 Å². The van der Waals surface area contributed by atoms with E-state index in [1.807, 2.05) is 0 Å². The third-order valence-corrected chi connectivity index (χ3v) is 3.35. The molecule has 0 spiro atoms. The number of aromatic nitrogens is 1. The minimum absolute atomic E-state index is 0.231. The van der Waals surface area contributed by atoms with Crippen LogP contribution in [0.5, 0.6) is 0 Å². The number of hydrazone groups is 1. The van der Waals surface area contributed by atoms with Gasteiger partial charge in [0.15, 0.2) is 5.72 Å². The highest BCUT2D eigenvalue weighted by Gasteiger charge is 2.47. The van der Waals surface area contributed by atoms with E-state index in [0.717, 1.165) is 10.7 Å². The summed E-state index contributed by atoms with van der Waals surface area (Å²) in [7, 11) is 0. The molecule has 19 heavy (non-hydrogen) atoms. The van der Waals surface area contributed by atoms with Gasteiger partial charge in [-0.25, -0.2) is 0 Å². The molecule has 100 valence electrons. The van der Waals surface area contributed by atoms with E-state index in [1.54, 1.807) is 38.3 Å². The summed E-state index contributed by atoms with van der Waals surface area (Å²) < 4.78 is 0. The molecule has 0 aliphatic carbocycles. The van der Waals surface area contributed by atoms with Gasteiger partial charge in [-0.05, 0) is 32.4 Å². The highest BCUT2D eigenvalue weighted by atomic mass is 16.3. The van der Waals surface area contributed by atoms with Crippen LogP contribution in [0.25, 0.3) is 0 Å². The predicted octanol–water partition coefficient (Wildman–Crippen LogP) is 1.81. The second-order valence-corrected chi connectivity index (χ2v) is 4.77. The van der Waals surface area contributed by atoms with Crippen LogP contribution in [0.3, 0.4) is 0 Å². The zero-order valence-corrected chi connectivity index (χ0v) is 11.1. The summed E-state index contributed by atoms with van der Waals surface area (Å²) in [5, 5.41) is 15.9. The number of rotatable bonds is 3. The minimum atomic E-state index is -1.34. The normalized spacial score (nSPS) is 26.2. The molecule has 0 saturated carbocycles. The minimum Gasteiger partial charge on any atom is -0.369 e. The Kier molecular flexibility index (Phi) is 3.48. The van der Waals surface area contributed by atoms with Crippen LogP contribution in [0.2, 0.25) is 0 Å². The number of carbonyl (C=O) groups excluding carboxylic acids is 1. The van der Waals surface area contributed by atoms with Crippen LogP contribution in [0.15, 0.2) is 42.3 Å². The first kappa shape index (κ1) is 13.4. The lowest BCUT2D eigenvalue weighted by Gasteiger charge is -2.32. The molecule has 1 amide bonds. The topological polar surface area (TPSA) is 65.8 Å². The van der Waals surface area contributed by atoms with Crippen molar-refractivity contribution in [3.63, 3.8) is 0 Å². The third kappa shape index (κ3) is 2.29. The molecule has 0 fully saturated rings. The van der Waals surface area contributed by atoms with Gasteiger partial charge >= 0.3 is 0 Å². The predicted molar refractivity (Wildman–Crippen MR) is 72.4 cm³/mol. The number of hydrogen-bond acceptors (Lipinski definition) is 4. The number of hydrogen-bond donors (Lipinski definition) is 1. The Hall–Kier alpha value is -2.01. The molecule has 5 nitrogen and oxygen atoms in total. The van der Waals surface area contributed by atoms with Crippen LogP contribution in [0.1, 0.15) is 30.6 Å². The van der Waals surface area contributed by atoms with Gasteiger partial charge in [-0.2, -0.15) is 10.1 Å². The molecular weight excluding hydrogens is 242 g/mol. The molecule has 0 bridgehead atoms. The zero-order chi connectivity index (χ0) is 14.0. The van der Waals surface area contributed by atoms with Crippen LogP contribution in [-0.4, -0.2) is 32.4 Å². The SMILES string of the molecule is C=CC[C@@H]1C(C)=NN(C(=O)c2cccnc2)[C@]1(C)O. The molecule has 0 saturated heterocycles. The molecule has 1 aliphatic rings. The Balaban J connectivity index is 2.31. The van der Waals surface area contributed by atoms with Gasteiger partial charge in [-0.15, -0.1) is 6.58 Å². The maximum Gasteiger partial charge on any atom is 0.278 e. The lowest BCUT2D eigenvalue weighted by atomic mass is 9.90. The summed E-state index contributed by atoms with van der Waals surface area (Å²) in [5.41, 5.74) is -0.216. The summed E-state index contributed by atoms with van der Waals surface area (Å²) in [4.78, 5) is 16.3. The largest absolute Gasteiger partial charge is 0.369 e. The van der Waals surface area contributed by atoms with E-state index < -0.39 is 5.72 Å². The van der Waals surface area contributed by atoms with E-state index in [4.69, 9.17) is 0 Å². The van der Waals surface area contributed by atoms with Gasteiger partial charge in [0.05, 0.1) is 11.5 Å². The lowest BCUT2D eigenvalue weighted by molar-refractivity contribution is -0.0819. The molecule has 0 unspecified atom stereocenters. The van der Waals surface area contributed by atoms with Gasteiger partial charge in [0.1, 0.15) is 0 Å². The van der Waals surface area contributed by atoms with Gasteiger partial charge < -0.3 is 5.11 Å². The van der Waals surface area contributed by atoms with Crippen molar-refractivity contribution in [2.24, 2.45) is 11.0 Å². The summed E-state index contributed by atoms with van der Waals surface area (Å²) in [6, 6.07) is 3.33. The number of allylic oxidation sites excluding steroid dienone is 1. The van der Waals surface area contributed by atoms with Gasteiger partial charge in [0, 0.05) is 18.1 Å². The van der Waals surface area contributed by atoms with Crippen molar-refractivity contribution in [2.75, 3.05) is 0 Å². The van der Waals surface area contributed by atoms with Crippen molar-refractivity contribution < 1.29 is 9.90 Å². The average molecular weight is 259 g/mol. The van der Waals surface area contributed by atoms with Crippen molar-refractivity contribution >= 4 is 11.6 Å². The Bertz CT molecular complexity index is 523. The molecule has 0 radical (unpaired) electrons. The number of carbonyl (C=O) groups is 1. The maximum absolute atomic E-state index is 12.4. The molecule has 2 atom stereocenters. The molecule has 0 aromatic carbocycles. The van der Waals surface area contributed by atoms with E-state index in [1.165, 1.54) is 6.20 Å². The highest BCUT2D eigenvalue weighted by molar-refractivity contribution is 5.98. The fraction of sp³-hybridized carbons (Fsp3) is 0.357. The van der Waals surface area contributed by atoms with Crippen LogP contribution in [0.4, 0.5) is 0 Å². The van der Waals surface area contributed by atoms with E-state index in [-0.39, 0.29) is 11.8 Å². The fourth-order valence-electron chi connectivity index (χ4n) is 2.30. The van der Waals surface area contributed by atoms with E-state index in [9.17, 15) is 9.90 Å². The Morgan fingerprint density at radius 1 is 1.68 bits per heavy atom. The van der Waals surface area contributed by atoms with Crippen molar-refractivity contribution in [1.82, 2.24) is 9.99 Å². The molecule has 1 N–H and O–H groups in total. The standard InChI is InChI=1S/C14H17N3O2/c1-4-6-12-10(2)16-17(14(12,3)19)13(18)11-7-5-8-15-9-11/h4-5,7-9,12,19H,1,6H2,2-3H3/t12-,14-/m1/s1. The Labute approximate surface area is 112 Å². The van der Waals surface area contributed by atoms with Gasteiger partial charge in [0.25, 0.3) is 5.91 Å². The number of aliphatic hydroxyl groups is 1. The second-order valence-electron chi connectivity index (χ2n) is 4.77. The summed E-state index contributed by atoms with van der Waals surface area (Å²) in [6.07, 6.45) is 5.34. The summed E-state index contributed by atoms with van der Waals surface area (Å²) >= 11 is 0. The van der Waals surface area contributed by atoms with Crippen LogP contribution in [-0.2, 0) is 0 Å². The third-order valence-electron chi connectivity index (χ3n) is 3.35. The van der Waals surface area contributed by atoms with Crippen LogP contribution in [0, 0.1) is 5.92 Å². The molecule has 1 aromatic rings. The molecule has 2 rings (SSSR count). The van der Waals surface area contributed by atoms with Crippen molar-refractivity contribution in [3.8, 4) is 0 Å². The average Bonchev–Trinajstić information content (AvgIpc) is 2.63. The van der Waals surface area contributed by atoms with Crippen LogP contribution < -0.4 is 0 Å². The first-order chi connectivity index (χ1) is 8.98. The fourth-order valence-corrected chi connectivity index (χ4v) is 2.30. The monoisotopic (exact) mass is 259 g/mol. The Morgan fingerprint density at radius 2 is 2.42 bits per heavy atom. The molecular formula is C14H17N3O2. The van der Waals surface area contributed by atoms with E-state index in [0.29, 0.717) is 12.0 Å². The zero-order valence-electron chi connectivity index (χ0n) is 11.1. The maximum atomic E-state index is 12.4. The second kappa shape index (κ2) is 4.93. The van der Waals surface area contributed by atoms with Crippen molar-refractivity contribution in [3.05, 3.63) is 42.7 Å². The highest BCUT2D eigenvalue weighted by Crippen LogP contribution is 2.34. The first-order valence-electron chi connectivity index (χ1n) is 6.11. The number of pyridine rings is 1. The molecule has 5 heteroatoms. The first-order valence-corrected chi connectivity index (χ1v) is 6.11. The van der Waals surface area contributed by atoms with Crippen molar-refractivity contribution in [1.29, 1.82) is 0 Å². The van der Waals surface area contributed by atoms with Crippen LogP contribution >= 0.6 is 0 Å². The van der Waals surface area contributed by atoms with Crippen molar-refractivity contribution in [2.45, 2.75) is 26.0 Å². The van der Waals surface area contributed by atoms with Gasteiger partial charge in [-0.1, -0.05) is 6.08 Å². The molecule has 1 aliphatic heterocycles. The van der Waals surface area contributed by atoms with E-state index >= 15 is 0 Å². The smallest absolute Gasteiger partial charge is 0.278 e. The van der Waals surface area contributed by atoms with Gasteiger partial charge in [0.2, 0.25) is 0 Å². The Morgan fingerprint density at radius 3 is 3.00 bits per heavy atom.